The first-order valence-corrected chi connectivity index (χ1v) is 7.87. The van der Waals surface area contributed by atoms with Crippen molar-refractivity contribution in [2.45, 2.75) is 56.9 Å². The first-order valence-electron chi connectivity index (χ1n) is 7.87. The number of amides is 1. The summed E-state index contributed by atoms with van der Waals surface area (Å²) in [6.45, 7) is 2.61. The molecule has 1 saturated carbocycles. The summed E-state index contributed by atoms with van der Waals surface area (Å²) in [4.78, 5) is 12.0. The molecule has 3 nitrogen and oxygen atoms in total. The molecule has 5 heteroatoms. The predicted octanol–water partition coefficient (Wildman–Crippen LogP) is 3.30. The summed E-state index contributed by atoms with van der Waals surface area (Å²) in [5.74, 6) is -0.300. The van der Waals surface area contributed by atoms with Gasteiger partial charge in [0.15, 0.2) is 0 Å². The number of carbonyl (C=O) groups is 1. The molecule has 0 heterocycles. The Morgan fingerprint density at radius 3 is 2.45 bits per heavy atom. The van der Waals surface area contributed by atoms with Gasteiger partial charge in [0.25, 0.3) is 0 Å². The maximum atomic E-state index is 13.1. The van der Waals surface area contributed by atoms with Crippen molar-refractivity contribution in [2.75, 3.05) is 6.54 Å². The van der Waals surface area contributed by atoms with Crippen molar-refractivity contribution in [3.05, 3.63) is 35.6 Å². The number of benzene rings is 1. The molecule has 1 aliphatic carbocycles. The monoisotopic (exact) mass is 328 g/mol. The lowest BCUT2D eigenvalue weighted by atomic mass is 9.78. The third-order valence-electron chi connectivity index (χ3n) is 4.55. The van der Waals surface area contributed by atoms with Crippen molar-refractivity contribution in [1.29, 1.82) is 0 Å². The SMILES string of the molecule is CCCC(N)C(=O)NCC1(c2ccc(F)cc2)CCCC1.Cl. The van der Waals surface area contributed by atoms with Crippen LogP contribution >= 0.6 is 12.4 Å². The highest BCUT2D eigenvalue weighted by Gasteiger charge is 2.36. The first-order chi connectivity index (χ1) is 10.1. The average Bonchev–Trinajstić information content (AvgIpc) is 2.96. The van der Waals surface area contributed by atoms with Crippen LogP contribution in [0.1, 0.15) is 51.0 Å². The third-order valence-corrected chi connectivity index (χ3v) is 4.55. The van der Waals surface area contributed by atoms with E-state index in [0.717, 1.165) is 37.7 Å². The van der Waals surface area contributed by atoms with Gasteiger partial charge in [-0.05, 0) is 37.0 Å². The van der Waals surface area contributed by atoms with Gasteiger partial charge in [0.2, 0.25) is 5.91 Å². The minimum atomic E-state index is -0.429. The molecule has 1 aliphatic rings. The van der Waals surface area contributed by atoms with Crippen LogP contribution in [0.25, 0.3) is 0 Å². The number of hydrogen-bond donors (Lipinski definition) is 2. The van der Waals surface area contributed by atoms with E-state index < -0.39 is 6.04 Å². The summed E-state index contributed by atoms with van der Waals surface area (Å²) < 4.78 is 13.1. The minimum Gasteiger partial charge on any atom is -0.354 e. The van der Waals surface area contributed by atoms with Gasteiger partial charge < -0.3 is 11.1 Å². The summed E-state index contributed by atoms with van der Waals surface area (Å²) in [5.41, 5.74) is 6.91. The largest absolute Gasteiger partial charge is 0.354 e. The molecule has 1 aromatic carbocycles. The topological polar surface area (TPSA) is 55.1 Å². The van der Waals surface area contributed by atoms with Gasteiger partial charge in [-0.2, -0.15) is 0 Å². The van der Waals surface area contributed by atoms with Gasteiger partial charge in [0.05, 0.1) is 6.04 Å². The molecule has 1 aromatic rings. The van der Waals surface area contributed by atoms with E-state index in [-0.39, 0.29) is 29.5 Å². The van der Waals surface area contributed by atoms with Crippen molar-refractivity contribution in [1.82, 2.24) is 5.32 Å². The number of nitrogens with one attached hydrogen (secondary N) is 1. The van der Waals surface area contributed by atoms with Gasteiger partial charge in [-0.15, -0.1) is 12.4 Å². The van der Waals surface area contributed by atoms with Gasteiger partial charge in [0, 0.05) is 12.0 Å². The first kappa shape index (κ1) is 18.9. The molecule has 22 heavy (non-hydrogen) atoms. The molecule has 0 radical (unpaired) electrons. The summed E-state index contributed by atoms with van der Waals surface area (Å²) >= 11 is 0. The fourth-order valence-corrected chi connectivity index (χ4v) is 3.25. The molecular weight excluding hydrogens is 303 g/mol. The Hall–Kier alpha value is -1.13. The van der Waals surface area contributed by atoms with E-state index in [1.54, 1.807) is 0 Å². The zero-order valence-corrected chi connectivity index (χ0v) is 13.9. The molecule has 3 N–H and O–H groups in total. The van der Waals surface area contributed by atoms with Crippen molar-refractivity contribution in [3.8, 4) is 0 Å². The van der Waals surface area contributed by atoms with Crippen LogP contribution in [0.2, 0.25) is 0 Å². The summed E-state index contributed by atoms with van der Waals surface area (Å²) in [6.07, 6.45) is 5.96. The molecule has 0 aromatic heterocycles. The van der Waals surface area contributed by atoms with Crippen LogP contribution in [0.4, 0.5) is 4.39 Å². The lowest BCUT2D eigenvalue weighted by molar-refractivity contribution is -0.122. The van der Waals surface area contributed by atoms with Crippen molar-refractivity contribution < 1.29 is 9.18 Å². The van der Waals surface area contributed by atoms with Crippen LogP contribution in [0.15, 0.2) is 24.3 Å². The highest BCUT2D eigenvalue weighted by molar-refractivity contribution is 5.85. The summed E-state index contributed by atoms with van der Waals surface area (Å²) in [5, 5.41) is 3.01. The second kappa shape index (κ2) is 8.49. The zero-order chi connectivity index (χ0) is 15.3. The molecule has 0 spiro atoms. The Labute approximate surface area is 138 Å². The standard InChI is InChI=1S/C17H25FN2O.ClH/c1-2-5-15(19)16(21)20-12-17(10-3-4-11-17)13-6-8-14(18)9-7-13;/h6-9,15H,2-5,10-12,19H2,1H3,(H,20,21);1H. The van der Waals surface area contributed by atoms with Gasteiger partial charge in [-0.3, -0.25) is 4.79 Å². The van der Waals surface area contributed by atoms with Crippen LogP contribution in [-0.2, 0) is 10.2 Å². The van der Waals surface area contributed by atoms with Crippen molar-refractivity contribution in [3.63, 3.8) is 0 Å². The molecular formula is C17H26ClFN2O. The summed E-state index contributed by atoms with van der Waals surface area (Å²) in [7, 11) is 0. The Morgan fingerprint density at radius 2 is 1.91 bits per heavy atom. The number of carbonyl (C=O) groups excluding carboxylic acids is 1. The van der Waals surface area contributed by atoms with E-state index in [1.165, 1.54) is 12.1 Å². The quantitative estimate of drug-likeness (QED) is 0.841. The zero-order valence-electron chi connectivity index (χ0n) is 13.1. The van der Waals surface area contributed by atoms with E-state index in [4.69, 9.17) is 5.73 Å². The normalized spacial score (nSPS) is 17.6. The third kappa shape index (κ3) is 4.43. The Morgan fingerprint density at radius 1 is 1.32 bits per heavy atom. The number of halogens is 2. The van der Waals surface area contributed by atoms with Crippen LogP contribution in [0, 0.1) is 5.82 Å². The van der Waals surface area contributed by atoms with Crippen molar-refractivity contribution in [2.24, 2.45) is 5.73 Å². The Kier molecular flexibility index (Phi) is 7.30. The van der Waals surface area contributed by atoms with Gasteiger partial charge in [0.1, 0.15) is 5.82 Å². The number of nitrogens with two attached hydrogens (primary N) is 1. The van der Waals surface area contributed by atoms with Crippen LogP contribution in [0.3, 0.4) is 0 Å². The van der Waals surface area contributed by atoms with Crippen LogP contribution in [-0.4, -0.2) is 18.5 Å². The lowest BCUT2D eigenvalue weighted by Gasteiger charge is -2.30. The molecule has 1 amide bonds. The fraction of sp³-hybridized carbons (Fsp3) is 0.588. The van der Waals surface area contributed by atoms with Gasteiger partial charge >= 0.3 is 0 Å². The van der Waals surface area contributed by atoms with Crippen molar-refractivity contribution >= 4 is 18.3 Å². The van der Waals surface area contributed by atoms with E-state index in [1.807, 2.05) is 19.1 Å². The molecule has 0 aliphatic heterocycles. The molecule has 0 bridgehead atoms. The Balaban J connectivity index is 0.00000242. The average molecular weight is 329 g/mol. The molecule has 1 unspecified atom stereocenters. The number of rotatable bonds is 6. The molecule has 0 saturated heterocycles. The molecule has 124 valence electrons. The highest BCUT2D eigenvalue weighted by atomic mass is 35.5. The van der Waals surface area contributed by atoms with Gasteiger partial charge in [-0.25, -0.2) is 4.39 Å². The maximum Gasteiger partial charge on any atom is 0.236 e. The smallest absolute Gasteiger partial charge is 0.236 e. The highest BCUT2D eigenvalue weighted by Crippen LogP contribution is 2.40. The lowest BCUT2D eigenvalue weighted by Crippen LogP contribution is -2.46. The van der Waals surface area contributed by atoms with Crippen LogP contribution in [0.5, 0.6) is 0 Å². The maximum absolute atomic E-state index is 13.1. The molecule has 1 atom stereocenters. The van der Waals surface area contributed by atoms with E-state index in [2.05, 4.69) is 5.32 Å². The van der Waals surface area contributed by atoms with Gasteiger partial charge in [-0.1, -0.05) is 38.3 Å². The van der Waals surface area contributed by atoms with E-state index in [9.17, 15) is 9.18 Å². The molecule has 1 fully saturated rings. The van der Waals surface area contributed by atoms with E-state index in [0.29, 0.717) is 13.0 Å². The summed E-state index contributed by atoms with van der Waals surface area (Å²) in [6, 6.07) is 6.26. The second-order valence-electron chi connectivity index (χ2n) is 6.11. The predicted molar refractivity (Wildman–Crippen MR) is 89.7 cm³/mol. The molecule has 2 rings (SSSR count). The van der Waals surface area contributed by atoms with Crippen LogP contribution < -0.4 is 11.1 Å². The number of hydrogen-bond acceptors (Lipinski definition) is 2. The minimum absolute atomic E-state index is 0. The Bertz CT molecular complexity index is 472. The van der Waals surface area contributed by atoms with E-state index >= 15 is 0 Å². The second-order valence-corrected chi connectivity index (χ2v) is 6.11. The fourth-order valence-electron chi connectivity index (χ4n) is 3.25.